The number of rotatable bonds is 3. The number of hydrogen-bond donors (Lipinski definition) is 1. The van der Waals surface area contributed by atoms with Crippen LogP contribution in [-0.4, -0.2) is 76.6 Å². The molecule has 2 saturated heterocycles. The monoisotopic (exact) mass is 415 g/mol. The third-order valence-corrected chi connectivity index (χ3v) is 5.07. The molecule has 0 aromatic carbocycles. The Morgan fingerprint density at radius 3 is 2.74 bits per heavy atom. The standard InChI is InChI=1S/C18H25N5O2.2ClH/c1-14-17(19-5-11-25-14)18(24)22-9-7-21(8-10-22)12-15-13-23-6-3-2-4-16(23)20-15;;/h2-4,6,13-14,17,19H,5,7-12H2,1H3;2*1H/t14-,17+;;/m1../s1. The normalized spacial score (nSPS) is 23.5. The first-order valence-electron chi connectivity index (χ1n) is 8.99. The van der Waals surface area contributed by atoms with Crippen LogP contribution in [0.25, 0.3) is 5.65 Å². The molecule has 0 saturated carbocycles. The van der Waals surface area contributed by atoms with Gasteiger partial charge in [0.05, 0.1) is 18.4 Å². The van der Waals surface area contributed by atoms with E-state index < -0.39 is 0 Å². The van der Waals surface area contributed by atoms with Crippen LogP contribution in [0.5, 0.6) is 0 Å². The van der Waals surface area contributed by atoms with Gasteiger partial charge < -0.3 is 19.4 Å². The molecule has 1 amide bonds. The first-order chi connectivity index (χ1) is 12.2. The van der Waals surface area contributed by atoms with Crippen LogP contribution in [0.15, 0.2) is 30.6 Å². The number of amides is 1. The molecule has 0 unspecified atom stereocenters. The Bertz CT molecular complexity index is 715. The lowest BCUT2D eigenvalue weighted by molar-refractivity contribution is -0.141. The van der Waals surface area contributed by atoms with Crippen molar-refractivity contribution >= 4 is 36.4 Å². The number of imidazole rings is 1. The van der Waals surface area contributed by atoms with Crippen LogP contribution < -0.4 is 5.32 Å². The van der Waals surface area contributed by atoms with Crippen LogP contribution in [0.1, 0.15) is 12.6 Å². The molecule has 0 aliphatic carbocycles. The third kappa shape index (κ3) is 4.92. The second kappa shape index (κ2) is 9.71. The molecule has 0 spiro atoms. The fraction of sp³-hybridized carbons (Fsp3) is 0.556. The quantitative estimate of drug-likeness (QED) is 0.815. The molecule has 1 N–H and O–H groups in total. The second-order valence-corrected chi connectivity index (χ2v) is 6.81. The van der Waals surface area contributed by atoms with E-state index in [0.717, 1.165) is 50.6 Å². The molecule has 0 radical (unpaired) electrons. The third-order valence-electron chi connectivity index (χ3n) is 5.07. The Morgan fingerprint density at radius 1 is 1.26 bits per heavy atom. The molecule has 9 heteroatoms. The lowest BCUT2D eigenvalue weighted by atomic mass is 10.1. The number of fused-ring (bicyclic) bond motifs is 1. The highest BCUT2D eigenvalue weighted by Crippen LogP contribution is 2.13. The molecule has 2 aliphatic heterocycles. The largest absolute Gasteiger partial charge is 0.375 e. The Labute approximate surface area is 171 Å². The van der Waals surface area contributed by atoms with E-state index in [1.54, 1.807) is 0 Å². The number of nitrogens with one attached hydrogen (secondary N) is 1. The zero-order chi connectivity index (χ0) is 17.2. The molecule has 2 aromatic rings. The minimum Gasteiger partial charge on any atom is -0.375 e. The van der Waals surface area contributed by atoms with Crippen LogP contribution in [0.3, 0.4) is 0 Å². The molecular formula is C18H27Cl2N5O2. The SMILES string of the molecule is C[C@H]1OCCN[C@@H]1C(=O)N1CCN(Cc2cn3ccccc3n2)CC1.Cl.Cl. The minimum absolute atomic E-state index is 0. The number of piperazine rings is 1. The summed E-state index contributed by atoms with van der Waals surface area (Å²) in [4.78, 5) is 21.7. The van der Waals surface area contributed by atoms with Gasteiger partial charge in [-0.05, 0) is 19.1 Å². The summed E-state index contributed by atoms with van der Waals surface area (Å²) in [5, 5.41) is 3.29. The number of carbonyl (C=O) groups excluding carboxylic acids is 1. The second-order valence-electron chi connectivity index (χ2n) is 6.81. The number of hydrogen-bond acceptors (Lipinski definition) is 5. The van der Waals surface area contributed by atoms with Gasteiger partial charge in [0.25, 0.3) is 0 Å². The van der Waals surface area contributed by atoms with Gasteiger partial charge >= 0.3 is 0 Å². The number of nitrogens with zero attached hydrogens (tertiary/aromatic N) is 4. The van der Waals surface area contributed by atoms with E-state index in [1.165, 1.54) is 0 Å². The van der Waals surface area contributed by atoms with Crippen LogP contribution in [0, 0.1) is 0 Å². The molecule has 7 nitrogen and oxygen atoms in total. The number of pyridine rings is 1. The smallest absolute Gasteiger partial charge is 0.242 e. The van der Waals surface area contributed by atoms with Crippen LogP contribution in [0.2, 0.25) is 0 Å². The van der Waals surface area contributed by atoms with Gasteiger partial charge in [0.1, 0.15) is 11.7 Å². The van der Waals surface area contributed by atoms with Crippen molar-refractivity contribution in [1.82, 2.24) is 24.5 Å². The number of carbonyl (C=O) groups is 1. The van der Waals surface area contributed by atoms with Crippen molar-refractivity contribution in [3.63, 3.8) is 0 Å². The van der Waals surface area contributed by atoms with Crippen molar-refractivity contribution in [2.45, 2.75) is 25.6 Å². The summed E-state index contributed by atoms with van der Waals surface area (Å²) in [5.74, 6) is 0.166. The predicted molar refractivity (Wildman–Crippen MR) is 109 cm³/mol. The van der Waals surface area contributed by atoms with Crippen molar-refractivity contribution < 1.29 is 9.53 Å². The number of aromatic nitrogens is 2. The Hall–Kier alpha value is -1.38. The molecule has 4 rings (SSSR count). The van der Waals surface area contributed by atoms with E-state index in [-0.39, 0.29) is 42.9 Å². The maximum absolute atomic E-state index is 12.7. The van der Waals surface area contributed by atoms with Crippen molar-refractivity contribution in [2.24, 2.45) is 0 Å². The van der Waals surface area contributed by atoms with Crippen LogP contribution in [0.4, 0.5) is 0 Å². The van der Waals surface area contributed by atoms with E-state index in [0.29, 0.717) is 6.61 Å². The summed E-state index contributed by atoms with van der Waals surface area (Å²) >= 11 is 0. The van der Waals surface area contributed by atoms with Gasteiger partial charge in [0.15, 0.2) is 0 Å². The highest BCUT2D eigenvalue weighted by Gasteiger charge is 2.33. The van der Waals surface area contributed by atoms with Gasteiger partial charge in [-0.15, -0.1) is 24.8 Å². The lowest BCUT2D eigenvalue weighted by Crippen LogP contribution is -2.59. The number of halogens is 2. The van der Waals surface area contributed by atoms with Crippen molar-refractivity contribution in [3.8, 4) is 0 Å². The molecule has 2 aromatic heterocycles. The van der Waals surface area contributed by atoms with E-state index in [2.05, 4.69) is 21.4 Å². The topological polar surface area (TPSA) is 62.1 Å². The number of ether oxygens (including phenoxy) is 1. The predicted octanol–water partition coefficient (Wildman–Crippen LogP) is 1.20. The van der Waals surface area contributed by atoms with Crippen molar-refractivity contribution in [2.75, 3.05) is 39.3 Å². The van der Waals surface area contributed by atoms with Gasteiger partial charge in [-0.2, -0.15) is 0 Å². The van der Waals surface area contributed by atoms with E-state index in [4.69, 9.17) is 4.74 Å². The van der Waals surface area contributed by atoms with E-state index in [1.807, 2.05) is 40.6 Å². The van der Waals surface area contributed by atoms with Gasteiger partial charge in [0.2, 0.25) is 5.91 Å². The average Bonchev–Trinajstić information content (AvgIpc) is 3.04. The minimum atomic E-state index is -0.210. The van der Waals surface area contributed by atoms with Gasteiger partial charge in [-0.25, -0.2) is 4.98 Å². The Kier molecular flexibility index (Phi) is 7.88. The fourth-order valence-corrected chi connectivity index (χ4v) is 3.63. The highest BCUT2D eigenvalue weighted by molar-refractivity contribution is 5.85. The molecule has 2 atom stereocenters. The first-order valence-corrected chi connectivity index (χ1v) is 8.99. The Balaban J connectivity index is 0.00000131. The van der Waals surface area contributed by atoms with Crippen LogP contribution in [-0.2, 0) is 16.1 Å². The van der Waals surface area contributed by atoms with Crippen LogP contribution >= 0.6 is 24.8 Å². The van der Waals surface area contributed by atoms with Crippen molar-refractivity contribution in [3.05, 3.63) is 36.3 Å². The summed E-state index contributed by atoms with van der Waals surface area (Å²) in [6.07, 6.45) is 4.04. The maximum Gasteiger partial charge on any atom is 0.242 e. The summed E-state index contributed by atoms with van der Waals surface area (Å²) in [5.41, 5.74) is 2.05. The summed E-state index contributed by atoms with van der Waals surface area (Å²) in [6.45, 7) is 7.49. The molecule has 0 bridgehead atoms. The highest BCUT2D eigenvalue weighted by atomic mass is 35.5. The summed E-state index contributed by atoms with van der Waals surface area (Å²) < 4.78 is 7.65. The molecular weight excluding hydrogens is 389 g/mol. The lowest BCUT2D eigenvalue weighted by Gasteiger charge is -2.38. The molecule has 2 aliphatic rings. The zero-order valence-electron chi connectivity index (χ0n) is 15.4. The van der Waals surface area contributed by atoms with E-state index >= 15 is 0 Å². The average molecular weight is 416 g/mol. The van der Waals surface area contributed by atoms with Gasteiger partial charge in [-0.3, -0.25) is 9.69 Å². The van der Waals surface area contributed by atoms with Crippen molar-refractivity contribution in [1.29, 1.82) is 0 Å². The summed E-state index contributed by atoms with van der Waals surface area (Å²) in [6, 6.07) is 5.81. The Morgan fingerprint density at radius 2 is 2.04 bits per heavy atom. The summed E-state index contributed by atoms with van der Waals surface area (Å²) in [7, 11) is 0. The molecule has 4 heterocycles. The maximum atomic E-state index is 12.7. The number of morpholine rings is 1. The fourth-order valence-electron chi connectivity index (χ4n) is 3.63. The van der Waals surface area contributed by atoms with Gasteiger partial charge in [-0.1, -0.05) is 6.07 Å². The molecule has 27 heavy (non-hydrogen) atoms. The molecule has 2 fully saturated rings. The van der Waals surface area contributed by atoms with E-state index in [9.17, 15) is 4.79 Å². The zero-order valence-corrected chi connectivity index (χ0v) is 17.0. The molecule has 150 valence electrons. The first kappa shape index (κ1) is 21.9. The van der Waals surface area contributed by atoms with Gasteiger partial charge in [0, 0.05) is 51.7 Å².